The van der Waals surface area contributed by atoms with E-state index in [0.717, 1.165) is 104 Å². The van der Waals surface area contributed by atoms with E-state index in [-0.39, 0.29) is 0 Å². The Balaban J connectivity index is 0.934. The maximum absolute atomic E-state index is 10.5. The maximum atomic E-state index is 10.5. The van der Waals surface area contributed by atoms with Gasteiger partial charge in [0, 0.05) is 44.4 Å². The average Bonchev–Trinajstić information content (AvgIpc) is 4.08. The molecule has 338 valence electrons. The van der Waals surface area contributed by atoms with Crippen molar-refractivity contribution < 1.29 is 1.37 Å². The predicted molar refractivity (Wildman–Crippen MR) is 303 cm³/mol. The Morgan fingerprint density at radius 1 is 0.361 bits per heavy atom. The average molecular weight is 936 g/mol. The van der Waals surface area contributed by atoms with Crippen LogP contribution >= 0.6 is 11.3 Å². The first kappa shape index (κ1) is 40.3. The summed E-state index contributed by atoms with van der Waals surface area (Å²) in [6, 6.07) is 80.1. The first-order valence-corrected chi connectivity index (χ1v) is 26.1. The van der Waals surface area contributed by atoms with Crippen molar-refractivity contribution in [1.29, 1.82) is 0 Å². The van der Waals surface area contributed by atoms with Gasteiger partial charge in [-0.1, -0.05) is 207 Å². The third-order valence-corrected chi connectivity index (χ3v) is 16.9. The number of hydrogen-bond acceptors (Lipinski definition) is 3. The van der Waals surface area contributed by atoms with Crippen LogP contribution in [0.5, 0.6) is 0 Å². The van der Waals surface area contributed by atoms with Gasteiger partial charge in [0.2, 0.25) is 0 Å². The highest BCUT2D eigenvalue weighted by molar-refractivity contribution is 7.26. The lowest BCUT2D eigenvalue weighted by Gasteiger charge is -2.26. The molecule has 2 heterocycles. The first-order chi connectivity index (χ1) is 36.1. The lowest BCUT2D eigenvalue weighted by Crippen LogP contribution is -2.03. The largest absolute Gasteiger partial charge is 0.236 e. The zero-order valence-corrected chi connectivity index (χ0v) is 40.3. The van der Waals surface area contributed by atoms with Gasteiger partial charge in [-0.2, -0.15) is 0 Å². The first-order valence-electron chi connectivity index (χ1n) is 25.8. The van der Waals surface area contributed by atoms with Crippen molar-refractivity contribution in [1.82, 2.24) is 9.97 Å². The molecule has 0 unspecified atom stereocenters. The van der Waals surface area contributed by atoms with Crippen LogP contribution in [0.1, 0.15) is 38.5 Å². The SMILES string of the molecule is [2H]C1(c2c(-c3ccc4c(c3)-c3ccccc3-c3ccccc3-c3ccccc3-4)cccc2-c2ccc3c(c2)-c2ccccc2-c2ccccc2-c2nc(-c4cccc5c4sc4ccccc45)ncc2-3)CCCC1. The van der Waals surface area contributed by atoms with E-state index in [9.17, 15) is 1.37 Å². The minimum Gasteiger partial charge on any atom is -0.236 e. The van der Waals surface area contributed by atoms with Crippen LogP contribution in [0.25, 0.3) is 143 Å². The molecule has 1 fully saturated rings. The number of rotatable bonds is 4. The van der Waals surface area contributed by atoms with Gasteiger partial charge in [-0.3, -0.25) is 0 Å². The second-order valence-electron chi connectivity index (χ2n) is 19.5. The molecule has 12 aromatic rings. The Morgan fingerprint density at radius 3 is 1.32 bits per heavy atom. The van der Waals surface area contributed by atoms with Crippen molar-refractivity contribution in [2.24, 2.45) is 0 Å². The van der Waals surface area contributed by atoms with Crippen molar-refractivity contribution in [3.05, 3.63) is 230 Å². The molecule has 2 nitrogen and oxygen atoms in total. The number of benzene rings is 10. The van der Waals surface area contributed by atoms with Crippen molar-refractivity contribution in [3.8, 4) is 123 Å². The van der Waals surface area contributed by atoms with Crippen molar-refractivity contribution >= 4 is 31.5 Å². The molecule has 1 saturated carbocycles. The van der Waals surface area contributed by atoms with Gasteiger partial charge in [0.15, 0.2) is 5.82 Å². The molecule has 0 spiro atoms. The van der Waals surface area contributed by atoms with E-state index in [1.165, 1.54) is 70.2 Å². The van der Waals surface area contributed by atoms with Gasteiger partial charge in [-0.05, 0) is 143 Å². The third kappa shape index (κ3) is 6.40. The van der Waals surface area contributed by atoms with Crippen LogP contribution in [0, 0.1) is 0 Å². The topological polar surface area (TPSA) is 25.8 Å². The van der Waals surface area contributed by atoms with Gasteiger partial charge in [-0.25, -0.2) is 9.97 Å². The Bertz CT molecular complexity index is 4240. The van der Waals surface area contributed by atoms with Crippen molar-refractivity contribution in [3.63, 3.8) is 0 Å². The summed E-state index contributed by atoms with van der Waals surface area (Å²) < 4.78 is 12.9. The molecule has 0 aliphatic heterocycles. The van der Waals surface area contributed by atoms with Crippen LogP contribution in [0.4, 0.5) is 0 Å². The van der Waals surface area contributed by atoms with Crippen LogP contribution in [0.2, 0.25) is 0 Å². The second kappa shape index (κ2) is 16.6. The van der Waals surface area contributed by atoms with E-state index in [2.05, 4.69) is 225 Å². The van der Waals surface area contributed by atoms with Gasteiger partial charge in [-0.15, -0.1) is 11.3 Å². The fraction of sp³-hybridized carbons (Fsp3) is 0.0725. The number of hydrogen-bond donors (Lipinski definition) is 0. The lowest BCUT2D eigenvalue weighted by molar-refractivity contribution is 0.727. The molecule has 0 saturated heterocycles. The van der Waals surface area contributed by atoms with Gasteiger partial charge < -0.3 is 0 Å². The minimum absolute atomic E-state index is 0.724. The summed E-state index contributed by atoms with van der Waals surface area (Å²) in [6.07, 6.45) is 5.78. The Hall–Kier alpha value is -8.50. The second-order valence-corrected chi connectivity index (χ2v) is 20.6. The molecule has 3 heteroatoms. The molecule has 2 aromatic heterocycles. The molecule has 10 aromatic carbocycles. The highest BCUT2D eigenvalue weighted by Gasteiger charge is 2.29. The number of nitrogens with zero attached hydrogens (tertiary/aromatic N) is 2. The summed E-state index contributed by atoms with van der Waals surface area (Å²) >= 11 is 1.81. The quantitative estimate of drug-likeness (QED) is 0.176. The van der Waals surface area contributed by atoms with E-state index in [4.69, 9.17) is 9.97 Å². The maximum Gasteiger partial charge on any atom is 0.161 e. The molecule has 3 aliphatic rings. The fourth-order valence-corrected chi connectivity index (χ4v) is 13.6. The summed E-state index contributed by atoms with van der Waals surface area (Å²) in [4.78, 5) is 10.8. The summed E-state index contributed by atoms with van der Waals surface area (Å²) in [5.74, 6) is -0.0307. The van der Waals surface area contributed by atoms with Gasteiger partial charge in [0.05, 0.1) is 5.69 Å². The summed E-state index contributed by atoms with van der Waals surface area (Å²) in [5.41, 5.74) is 25.2. The van der Waals surface area contributed by atoms with E-state index in [0.29, 0.717) is 0 Å². The van der Waals surface area contributed by atoms with Crippen molar-refractivity contribution in [2.45, 2.75) is 31.6 Å². The zero-order chi connectivity index (χ0) is 48.2. The van der Waals surface area contributed by atoms with Crippen LogP contribution in [0.3, 0.4) is 0 Å². The molecular formula is C69H46N2S. The molecule has 0 bridgehead atoms. The normalized spacial score (nSPS) is 13.9. The summed E-state index contributed by atoms with van der Waals surface area (Å²) in [5, 5.41) is 2.49. The van der Waals surface area contributed by atoms with E-state index >= 15 is 0 Å². The van der Waals surface area contributed by atoms with E-state index in [1.807, 2.05) is 11.3 Å². The molecule has 15 rings (SSSR count). The van der Waals surface area contributed by atoms with Crippen LogP contribution in [-0.2, 0) is 0 Å². The summed E-state index contributed by atoms with van der Waals surface area (Å²) in [6.45, 7) is 0. The number of thiophene rings is 1. The number of fused-ring (bicyclic) bond motifs is 19. The van der Waals surface area contributed by atoms with Crippen LogP contribution in [-0.4, -0.2) is 9.97 Å². The highest BCUT2D eigenvalue weighted by Crippen LogP contribution is 2.53. The monoisotopic (exact) mass is 935 g/mol. The van der Waals surface area contributed by atoms with Gasteiger partial charge in [0.25, 0.3) is 0 Å². The fourth-order valence-electron chi connectivity index (χ4n) is 12.4. The van der Waals surface area contributed by atoms with Gasteiger partial charge in [0.1, 0.15) is 0 Å². The van der Waals surface area contributed by atoms with E-state index in [1.54, 1.807) is 0 Å². The molecule has 3 aliphatic carbocycles. The predicted octanol–water partition coefficient (Wildman–Crippen LogP) is 19.5. The molecule has 72 heavy (non-hydrogen) atoms. The third-order valence-electron chi connectivity index (χ3n) is 15.6. The molecule has 0 atom stereocenters. The molecular weight excluding hydrogens is 889 g/mol. The molecule has 0 radical (unpaired) electrons. The lowest BCUT2D eigenvalue weighted by atomic mass is 9.78. The van der Waals surface area contributed by atoms with Crippen LogP contribution in [0.15, 0.2) is 225 Å². The number of aromatic nitrogens is 2. The minimum atomic E-state index is -0.755. The van der Waals surface area contributed by atoms with Crippen molar-refractivity contribution in [2.75, 3.05) is 0 Å². The Kier molecular flexibility index (Phi) is 9.25. The van der Waals surface area contributed by atoms with Gasteiger partial charge >= 0.3 is 0 Å². The smallest absolute Gasteiger partial charge is 0.161 e. The van der Waals surface area contributed by atoms with Crippen LogP contribution < -0.4 is 0 Å². The Morgan fingerprint density at radius 2 is 0.764 bits per heavy atom. The van der Waals surface area contributed by atoms with E-state index < -0.39 is 5.89 Å². The standard InChI is InChI=1S/C69H46N2S/c1-2-18-42(17-1)66-45(43-35-37-56-51-23-6-5-21-49(51)47-19-3-4-20-48(47)50-22-7-9-26-54(50)62(56)39-43)30-15-31-46(66)44-36-38-57-63(40-44)55-27-10-8-24-52(55)53-25-11-12-29-59(53)67-64(57)41-70-69(71-67)61-33-16-32-60-58-28-13-14-34-65(58)72-68(60)61/h3-16,19-42H,1-2,17-18H2/i42D. The Labute approximate surface area is 425 Å². The molecule has 0 N–H and O–H groups in total. The highest BCUT2D eigenvalue weighted by atomic mass is 32.1. The zero-order valence-electron chi connectivity index (χ0n) is 40.5. The summed E-state index contributed by atoms with van der Waals surface area (Å²) in [7, 11) is 0. The molecule has 0 amide bonds.